The van der Waals surface area contributed by atoms with Crippen molar-refractivity contribution in [3.63, 3.8) is 0 Å². The number of amidine groups is 1. The number of nitrogens with zero attached hydrogens (tertiary/aromatic N) is 2. The molecule has 0 unspecified atom stereocenters. The number of carbonyl (C=O) groups is 1. The van der Waals surface area contributed by atoms with Crippen LogP contribution in [0, 0.1) is 12.8 Å². The van der Waals surface area contributed by atoms with Crippen LogP contribution in [0.2, 0.25) is 0 Å². The Morgan fingerprint density at radius 2 is 1.89 bits per heavy atom. The number of anilines is 1. The lowest BCUT2D eigenvalue weighted by Gasteiger charge is -2.30. The van der Waals surface area contributed by atoms with E-state index >= 15 is 0 Å². The Kier molecular flexibility index (Phi) is 5.56. The minimum atomic E-state index is -3.82. The van der Waals surface area contributed by atoms with Crippen LogP contribution < -0.4 is 10.2 Å². The van der Waals surface area contributed by atoms with E-state index in [2.05, 4.69) is 23.6 Å². The SMILES string of the molecule is CC1=NS(=O)(=O)c2cc(C(=O)NCc3cccc(C)c3)ccc2N1CC(C)C. The van der Waals surface area contributed by atoms with Crippen LogP contribution in [-0.2, 0) is 16.6 Å². The van der Waals surface area contributed by atoms with Gasteiger partial charge in [0, 0.05) is 18.7 Å². The van der Waals surface area contributed by atoms with Crippen molar-refractivity contribution in [1.29, 1.82) is 0 Å². The lowest BCUT2D eigenvalue weighted by molar-refractivity contribution is 0.0950. The van der Waals surface area contributed by atoms with Crippen LogP contribution in [0.15, 0.2) is 51.8 Å². The highest BCUT2D eigenvalue weighted by Gasteiger charge is 2.30. The molecule has 6 nitrogen and oxygen atoms in total. The molecule has 0 saturated carbocycles. The van der Waals surface area contributed by atoms with Gasteiger partial charge in [-0.25, -0.2) is 0 Å². The lowest BCUT2D eigenvalue weighted by Crippen LogP contribution is -2.36. The maximum absolute atomic E-state index is 12.6. The molecule has 1 aliphatic heterocycles. The summed E-state index contributed by atoms with van der Waals surface area (Å²) in [5.41, 5.74) is 2.97. The third-order valence-corrected chi connectivity index (χ3v) is 5.90. The molecule has 3 rings (SSSR count). The van der Waals surface area contributed by atoms with E-state index in [0.29, 0.717) is 36.1 Å². The van der Waals surface area contributed by atoms with Gasteiger partial charge in [0.2, 0.25) is 0 Å². The Labute approximate surface area is 166 Å². The molecule has 148 valence electrons. The molecule has 2 aromatic rings. The number of nitrogens with one attached hydrogen (secondary N) is 1. The molecule has 0 fully saturated rings. The molecular formula is C21H25N3O3S. The quantitative estimate of drug-likeness (QED) is 0.834. The van der Waals surface area contributed by atoms with E-state index in [4.69, 9.17) is 0 Å². The van der Waals surface area contributed by atoms with Crippen LogP contribution in [0.25, 0.3) is 0 Å². The maximum Gasteiger partial charge on any atom is 0.286 e. The number of aryl methyl sites for hydroxylation is 1. The summed E-state index contributed by atoms with van der Waals surface area (Å²) >= 11 is 0. The van der Waals surface area contributed by atoms with Crippen molar-refractivity contribution in [3.05, 3.63) is 59.2 Å². The van der Waals surface area contributed by atoms with Gasteiger partial charge in [-0.1, -0.05) is 43.7 Å². The first-order valence-corrected chi connectivity index (χ1v) is 10.7. The molecule has 0 spiro atoms. The van der Waals surface area contributed by atoms with Crippen molar-refractivity contribution in [3.8, 4) is 0 Å². The molecule has 1 heterocycles. The first-order valence-electron chi connectivity index (χ1n) is 9.24. The van der Waals surface area contributed by atoms with Crippen LogP contribution in [0.3, 0.4) is 0 Å². The van der Waals surface area contributed by atoms with Crippen molar-refractivity contribution in [2.24, 2.45) is 10.3 Å². The predicted octanol–water partition coefficient (Wildman–Crippen LogP) is 3.51. The molecule has 0 aromatic heterocycles. The highest BCUT2D eigenvalue weighted by Crippen LogP contribution is 2.33. The number of hydrogen-bond acceptors (Lipinski definition) is 4. The molecular weight excluding hydrogens is 374 g/mol. The Hall–Kier alpha value is -2.67. The molecule has 0 bridgehead atoms. The van der Waals surface area contributed by atoms with Crippen molar-refractivity contribution >= 4 is 27.5 Å². The molecule has 1 aliphatic rings. The Morgan fingerprint density at radius 3 is 2.57 bits per heavy atom. The molecule has 2 aromatic carbocycles. The number of carbonyl (C=O) groups excluding carboxylic acids is 1. The second kappa shape index (κ2) is 7.75. The first-order chi connectivity index (χ1) is 13.2. The van der Waals surface area contributed by atoms with Gasteiger partial charge in [0.25, 0.3) is 15.9 Å². The zero-order valence-corrected chi connectivity index (χ0v) is 17.4. The normalized spacial score (nSPS) is 15.2. The molecule has 0 atom stereocenters. The summed E-state index contributed by atoms with van der Waals surface area (Å²) in [5, 5.41) is 2.85. The standard InChI is InChI=1S/C21H25N3O3S/c1-14(2)13-24-16(4)23-28(26,27)20-11-18(8-9-19(20)24)21(25)22-12-17-7-5-6-15(3)10-17/h5-11,14H,12-13H2,1-4H3,(H,22,25). The number of sulfonamides is 1. The second-order valence-corrected chi connectivity index (χ2v) is 9.04. The van der Waals surface area contributed by atoms with Crippen LogP contribution in [0.1, 0.15) is 42.3 Å². The summed E-state index contributed by atoms with van der Waals surface area (Å²) in [6, 6.07) is 12.6. The molecule has 28 heavy (non-hydrogen) atoms. The largest absolute Gasteiger partial charge is 0.348 e. The number of fused-ring (bicyclic) bond motifs is 1. The van der Waals surface area contributed by atoms with E-state index in [1.54, 1.807) is 19.1 Å². The van der Waals surface area contributed by atoms with Gasteiger partial charge in [-0.3, -0.25) is 4.79 Å². The molecule has 0 saturated heterocycles. The fraction of sp³-hybridized carbons (Fsp3) is 0.333. The van der Waals surface area contributed by atoms with Crippen molar-refractivity contribution < 1.29 is 13.2 Å². The fourth-order valence-corrected chi connectivity index (χ4v) is 4.50. The zero-order chi connectivity index (χ0) is 20.5. The van der Waals surface area contributed by atoms with E-state index in [9.17, 15) is 13.2 Å². The van der Waals surface area contributed by atoms with Crippen molar-refractivity contribution in [1.82, 2.24) is 5.32 Å². The van der Waals surface area contributed by atoms with E-state index in [1.807, 2.05) is 36.1 Å². The summed E-state index contributed by atoms with van der Waals surface area (Å²) in [4.78, 5) is 14.5. The Morgan fingerprint density at radius 1 is 1.14 bits per heavy atom. The molecule has 0 radical (unpaired) electrons. The Bertz CT molecular complexity index is 1040. The number of benzene rings is 2. The predicted molar refractivity (Wildman–Crippen MR) is 111 cm³/mol. The van der Waals surface area contributed by atoms with Gasteiger partial charge in [0.15, 0.2) is 0 Å². The molecule has 0 aliphatic carbocycles. The molecule has 1 amide bonds. The van der Waals surface area contributed by atoms with Crippen molar-refractivity contribution in [2.75, 3.05) is 11.4 Å². The van der Waals surface area contributed by atoms with Gasteiger partial charge in [-0.15, -0.1) is 4.40 Å². The smallest absolute Gasteiger partial charge is 0.286 e. The van der Waals surface area contributed by atoms with Crippen LogP contribution in [-0.4, -0.2) is 26.7 Å². The minimum absolute atomic E-state index is 0.0713. The van der Waals surface area contributed by atoms with E-state index in [1.165, 1.54) is 6.07 Å². The molecule has 1 N–H and O–H groups in total. The summed E-state index contributed by atoms with van der Waals surface area (Å²) in [7, 11) is -3.82. The third kappa shape index (κ3) is 4.25. The first kappa shape index (κ1) is 20.1. The van der Waals surface area contributed by atoms with E-state index in [0.717, 1.165) is 11.1 Å². The topological polar surface area (TPSA) is 78.8 Å². The van der Waals surface area contributed by atoms with Crippen LogP contribution in [0.4, 0.5) is 5.69 Å². The number of amides is 1. The van der Waals surface area contributed by atoms with Crippen LogP contribution >= 0.6 is 0 Å². The lowest BCUT2D eigenvalue weighted by atomic mass is 10.1. The summed E-state index contributed by atoms with van der Waals surface area (Å²) in [6.45, 7) is 8.82. The minimum Gasteiger partial charge on any atom is -0.348 e. The van der Waals surface area contributed by atoms with Crippen molar-refractivity contribution in [2.45, 2.75) is 39.1 Å². The average Bonchev–Trinajstić information content (AvgIpc) is 2.62. The van der Waals surface area contributed by atoms with Gasteiger partial charge in [0.05, 0.1) is 5.69 Å². The van der Waals surface area contributed by atoms with Crippen LogP contribution in [0.5, 0.6) is 0 Å². The average molecular weight is 400 g/mol. The van der Waals surface area contributed by atoms with E-state index < -0.39 is 10.0 Å². The molecule has 7 heteroatoms. The van der Waals surface area contributed by atoms with E-state index in [-0.39, 0.29) is 10.8 Å². The summed E-state index contributed by atoms with van der Waals surface area (Å²) < 4.78 is 29.0. The highest BCUT2D eigenvalue weighted by molar-refractivity contribution is 7.90. The van der Waals surface area contributed by atoms with Gasteiger partial charge >= 0.3 is 0 Å². The zero-order valence-electron chi connectivity index (χ0n) is 16.6. The number of hydrogen-bond donors (Lipinski definition) is 1. The van der Waals surface area contributed by atoms with Gasteiger partial charge < -0.3 is 10.2 Å². The summed E-state index contributed by atoms with van der Waals surface area (Å²) in [6.07, 6.45) is 0. The van der Waals surface area contributed by atoms with Gasteiger partial charge in [-0.2, -0.15) is 8.42 Å². The van der Waals surface area contributed by atoms with Gasteiger partial charge in [-0.05, 0) is 43.5 Å². The maximum atomic E-state index is 12.6. The highest BCUT2D eigenvalue weighted by atomic mass is 32.2. The Balaban J connectivity index is 1.87. The third-order valence-electron chi connectivity index (χ3n) is 4.52. The summed E-state index contributed by atoms with van der Waals surface area (Å²) in [5.74, 6) is 0.454. The number of rotatable bonds is 5. The fourth-order valence-electron chi connectivity index (χ4n) is 3.23. The van der Waals surface area contributed by atoms with Gasteiger partial charge in [0.1, 0.15) is 10.7 Å². The monoisotopic (exact) mass is 399 g/mol. The second-order valence-electron chi connectivity index (χ2n) is 7.47.